The van der Waals surface area contributed by atoms with Crippen LogP contribution in [0.25, 0.3) is 0 Å². The van der Waals surface area contributed by atoms with E-state index in [-0.39, 0.29) is 50.1 Å². The Balaban J connectivity index is 2.51. The minimum atomic E-state index is -4.44. The minimum absolute atomic E-state index is 0.00250. The van der Waals surface area contributed by atoms with Gasteiger partial charge in [0.15, 0.2) is 6.10 Å². The number of unbranched alkanes of at least 4 members (excludes halogenated alkanes) is 15. The third-order valence-corrected chi connectivity index (χ3v) is 11.3. The quantitative estimate of drug-likeness (QED) is 0.0181. The van der Waals surface area contributed by atoms with Crippen LogP contribution in [0.15, 0.2) is 24.3 Å². The fourth-order valence-electron chi connectivity index (χ4n) is 6.76. The number of carbonyl (C=O) groups is 3. The van der Waals surface area contributed by atoms with E-state index in [2.05, 4.69) is 13.8 Å². The molecule has 0 aromatic heterocycles. The van der Waals surface area contributed by atoms with Gasteiger partial charge in [-0.3, -0.25) is 23.4 Å². The Morgan fingerprint density at radius 3 is 2.00 bits per heavy atom. The molecule has 13 heteroatoms. The van der Waals surface area contributed by atoms with Gasteiger partial charge in [-0.15, -0.1) is 0 Å². The van der Waals surface area contributed by atoms with E-state index >= 15 is 0 Å². The lowest BCUT2D eigenvalue weighted by atomic mass is 9.90. The molecular weight excluding hydrogens is 749 g/mol. The minimum Gasteiger partial charge on any atom is -0.462 e. The van der Waals surface area contributed by atoms with Gasteiger partial charge in [-0.05, 0) is 32.1 Å². The molecule has 0 aromatic rings. The number of ether oxygens (including phenoxy) is 2. The van der Waals surface area contributed by atoms with Crippen molar-refractivity contribution < 1.29 is 57.1 Å². The number of aliphatic hydroxyl groups excluding tert-OH is 2. The van der Waals surface area contributed by atoms with Crippen LogP contribution >= 0.6 is 7.82 Å². The molecular formula is C44H81NO11P+. The summed E-state index contributed by atoms with van der Waals surface area (Å²) in [5.74, 6) is -1.69. The lowest BCUT2D eigenvalue weighted by molar-refractivity contribution is -0.870. The van der Waals surface area contributed by atoms with Crippen molar-refractivity contribution in [3.8, 4) is 0 Å². The standard InChI is InChI=1S/C44H80NO11P/c1-6-8-10-11-12-13-14-15-16-17-18-19-25-29-44(50)56-38(36-55-57(51,52)54-33-32-45(3,4)5)35-53-43(49)28-24-21-20-23-27-39-40(42(48)34-41(39)47)31-30-37(46)26-22-9-7-2/h20,23,30-31,37-40,42,46,48H,6-19,21-22,24-29,32-36H2,1-5H3/p+1/b23-20-,31-30+/t37-,38+,39+,40+,42+/m0/s1. The average molecular weight is 831 g/mol. The summed E-state index contributed by atoms with van der Waals surface area (Å²) in [5.41, 5.74) is 0. The zero-order valence-electron chi connectivity index (χ0n) is 36.3. The van der Waals surface area contributed by atoms with Gasteiger partial charge in [-0.2, -0.15) is 0 Å². The van der Waals surface area contributed by atoms with Gasteiger partial charge < -0.3 is 29.1 Å². The third-order valence-electron chi connectivity index (χ3n) is 10.4. The lowest BCUT2D eigenvalue weighted by Gasteiger charge is -2.24. The van der Waals surface area contributed by atoms with Crippen molar-refractivity contribution in [3.05, 3.63) is 24.3 Å². The number of ketones is 1. The molecule has 0 radical (unpaired) electrons. The predicted octanol–water partition coefficient (Wildman–Crippen LogP) is 8.94. The number of likely N-dealkylation sites (N-methyl/N-ethyl adjacent to an activating group) is 1. The molecule has 6 atom stereocenters. The first-order valence-corrected chi connectivity index (χ1v) is 23.7. The molecule has 12 nitrogen and oxygen atoms in total. The van der Waals surface area contributed by atoms with Crippen LogP contribution in [-0.2, 0) is 37.5 Å². The number of aliphatic hydroxyl groups is 2. The van der Waals surface area contributed by atoms with Crippen molar-refractivity contribution in [3.63, 3.8) is 0 Å². The zero-order valence-corrected chi connectivity index (χ0v) is 37.2. The van der Waals surface area contributed by atoms with Gasteiger partial charge in [-0.1, -0.05) is 134 Å². The van der Waals surface area contributed by atoms with Crippen LogP contribution in [0.4, 0.5) is 0 Å². The topological polar surface area (TPSA) is 166 Å². The highest BCUT2D eigenvalue weighted by atomic mass is 31.2. The van der Waals surface area contributed by atoms with Crippen LogP contribution in [-0.4, -0.2) is 103 Å². The van der Waals surface area contributed by atoms with Crippen molar-refractivity contribution in [2.24, 2.45) is 11.8 Å². The maximum atomic E-state index is 12.7. The van der Waals surface area contributed by atoms with Gasteiger partial charge in [0.1, 0.15) is 25.5 Å². The molecule has 0 spiro atoms. The fourth-order valence-corrected chi connectivity index (χ4v) is 7.50. The summed E-state index contributed by atoms with van der Waals surface area (Å²) >= 11 is 0. The van der Waals surface area contributed by atoms with Crippen LogP contribution < -0.4 is 0 Å². The maximum Gasteiger partial charge on any atom is 0.472 e. The Morgan fingerprint density at radius 1 is 0.807 bits per heavy atom. The summed E-state index contributed by atoms with van der Waals surface area (Å²) in [6.07, 6.45) is 25.9. The second-order valence-corrected chi connectivity index (χ2v) is 18.3. The maximum absolute atomic E-state index is 12.7. The highest BCUT2D eigenvalue weighted by Gasteiger charge is 2.39. The van der Waals surface area contributed by atoms with Crippen LogP contribution in [0.1, 0.15) is 162 Å². The Bertz CT molecular complexity index is 1190. The first-order chi connectivity index (χ1) is 27.2. The molecule has 1 unspecified atom stereocenters. The monoisotopic (exact) mass is 831 g/mol. The van der Waals surface area contributed by atoms with Crippen LogP contribution in [0.2, 0.25) is 0 Å². The van der Waals surface area contributed by atoms with Crippen LogP contribution in [0.3, 0.4) is 0 Å². The summed E-state index contributed by atoms with van der Waals surface area (Å²) in [4.78, 5) is 48.1. The summed E-state index contributed by atoms with van der Waals surface area (Å²) < 4.78 is 34.2. The molecule has 0 aromatic carbocycles. The first-order valence-electron chi connectivity index (χ1n) is 22.2. The zero-order chi connectivity index (χ0) is 42.4. The number of phosphoric acid groups is 1. The van der Waals surface area contributed by atoms with Gasteiger partial charge in [0.2, 0.25) is 0 Å². The largest absolute Gasteiger partial charge is 0.472 e. The van der Waals surface area contributed by atoms with Gasteiger partial charge in [0.05, 0.1) is 40.0 Å². The molecule has 1 aliphatic carbocycles. The molecule has 3 N–H and O–H groups in total. The van der Waals surface area contributed by atoms with E-state index < -0.39 is 44.7 Å². The Morgan fingerprint density at radius 2 is 1.39 bits per heavy atom. The number of allylic oxidation sites excluding steroid dienone is 2. The van der Waals surface area contributed by atoms with E-state index in [4.69, 9.17) is 18.5 Å². The summed E-state index contributed by atoms with van der Waals surface area (Å²) in [7, 11) is 1.33. The number of quaternary nitrogens is 1. The highest BCUT2D eigenvalue weighted by molar-refractivity contribution is 7.47. The number of phosphoric ester groups is 1. The second-order valence-electron chi connectivity index (χ2n) is 16.9. The van der Waals surface area contributed by atoms with E-state index in [1.54, 1.807) is 12.2 Å². The number of rotatable bonds is 36. The fraction of sp³-hybridized carbons (Fsp3) is 0.841. The molecule has 0 saturated heterocycles. The summed E-state index contributed by atoms with van der Waals surface area (Å²) in [6, 6.07) is 0. The Kier molecular flexibility index (Phi) is 29.7. The number of hydrogen-bond donors (Lipinski definition) is 3. The van der Waals surface area contributed by atoms with E-state index in [9.17, 15) is 34.1 Å². The number of nitrogens with zero attached hydrogens (tertiary/aromatic N) is 1. The van der Waals surface area contributed by atoms with E-state index in [0.29, 0.717) is 43.1 Å². The van der Waals surface area contributed by atoms with E-state index in [0.717, 1.165) is 38.5 Å². The van der Waals surface area contributed by atoms with Gasteiger partial charge in [0, 0.05) is 31.1 Å². The normalized spacial score (nSPS) is 19.6. The van der Waals surface area contributed by atoms with Gasteiger partial charge in [0.25, 0.3) is 0 Å². The molecule has 0 amide bonds. The smallest absolute Gasteiger partial charge is 0.462 e. The number of hydrogen-bond acceptors (Lipinski definition) is 10. The van der Waals surface area contributed by atoms with Crippen LogP contribution in [0, 0.1) is 11.8 Å². The van der Waals surface area contributed by atoms with Crippen molar-refractivity contribution in [1.82, 2.24) is 0 Å². The molecule has 0 heterocycles. The SMILES string of the molecule is CCCCCCCCCCCCCCCC(=O)O[C@H](COC(=O)CCC/C=C\C[C@H]1C(=O)C[C@@H](O)[C@@H]1/C=C/[C@@H](O)CCCCC)COP(=O)(O)OCC[N+](C)(C)C. The predicted molar refractivity (Wildman–Crippen MR) is 225 cm³/mol. The molecule has 1 fully saturated rings. The molecule has 1 aliphatic rings. The van der Waals surface area contributed by atoms with Gasteiger partial charge >= 0.3 is 19.8 Å². The highest BCUT2D eigenvalue weighted by Crippen LogP contribution is 2.43. The average Bonchev–Trinajstić information content (AvgIpc) is 3.41. The van der Waals surface area contributed by atoms with Crippen molar-refractivity contribution >= 4 is 25.5 Å². The van der Waals surface area contributed by atoms with Crippen molar-refractivity contribution in [1.29, 1.82) is 0 Å². The molecule has 0 bridgehead atoms. The Hall–Kier alpha value is -1.92. The third kappa shape index (κ3) is 29.0. The number of Topliss-reactive ketones (excluding diaryl/α,β-unsaturated/α-hetero) is 1. The summed E-state index contributed by atoms with van der Waals surface area (Å²) in [5, 5.41) is 20.7. The van der Waals surface area contributed by atoms with Crippen molar-refractivity contribution in [2.45, 2.75) is 180 Å². The molecule has 57 heavy (non-hydrogen) atoms. The van der Waals surface area contributed by atoms with Gasteiger partial charge in [-0.25, -0.2) is 4.57 Å². The molecule has 332 valence electrons. The molecule has 1 saturated carbocycles. The number of esters is 2. The first kappa shape index (κ1) is 53.1. The van der Waals surface area contributed by atoms with Crippen molar-refractivity contribution in [2.75, 3.05) is 47.5 Å². The second kappa shape index (κ2) is 31.9. The lowest BCUT2D eigenvalue weighted by Crippen LogP contribution is -2.37. The Labute approximate surface area is 345 Å². The van der Waals surface area contributed by atoms with E-state index in [1.165, 1.54) is 57.8 Å². The molecule has 1 rings (SSSR count). The molecule has 0 aliphatic heterocycles. The van der Waals surface area contributed by atoms with E-state index in [1.807, 2.05) is 33.3 Å². The summed E-state index contributed by atoms with van der Waals surface area (Å²) in [6.45, 7) is 4.01. The number of carbonyl (C=O) groups excluding carboxylic acids is 3. The van der Waals surface area contributed by atoms with Crippen LogP contribution in [0.5, 0.6) is 0 Å².